The normalized spacial score (nSPS) is 15.5. The van der Waals surface area contributed by atoms with Gasteiger partial charge in [0.2, 0.25) is 6.23 Å². The third kappa shape index (κ3) is 32.5. The third-order valence-corrected chi connectivity index (χ3v) is 14.3. The Labute approximate surface area is 435 Å². The van der Waals surface area contributed by atoms with Crippen molar-refractivity contribution in [1.29, 1.82) is 0 Å². The summed E-state index contributed by atoms with van der Waals surface area (Å²) in [6.45, 7) is 11.8. The average Bonchev–Trinajstić information content (AvgIpc) is 3.83. The highest BCUT2D eigenvalue weighted by Crippen LogP contribution is 2.32. The average molecular weight is 1020 g/mol. The fourth-order valence-electron chi connectivity index (χ4n) is 9.01. The van der Waals surface area contributed by atoms with Gasteiger partial charge in [-0.2, -0.15) is 4.37 Å². The Morgan fingerprint density at radius 2 is 1.01 bits per heavy atom. The SMILES string of the molecule is CCCCCCCCCCCCCCCC(=O)OCC(COC(=O)CCCCCCCCCCCCCCC)OC(=O)CC(C)COC(=O)O[C@@H](C)[N+]1(C)CCC=C(c2nsnc2OCCCCCC)C1. The van der Waals surface area contributed by atoms with Crippen molar-refractivity contribution >= 4 is 41.4 Å². The summed E-state index contributed by atoms with van der Waals surface area (Å²) < 4.78 is 43.5. The number of hydrogen-bond acceptors (Lipinski definition) is 13. The molecule has 1 aliphatic heterocycles. The van der Waals surface area contributed by atoms with Crippen LogP contribution in [0.15, 0.2) is 6.08 Å². The number of esters is 3. The first kappa shape index (κ1) is 63.9. The predicted octanol–water partition coefficient (Wildman–Crippen LogP) is 15.2. The number of carbonyl (C=O) groups excluding carboxylic acids is 4. The molecule has 71 heavy (non-hydrogen) atoms. The molecule has 3 atom stereocenters. The molecule has 0 N–H and O–H groups in total. The Bertz CT molecular complexity index is 1510. The van der Waals surface area contributed by atoms with Crippen LogP contribution >= 0.6 is 11.7 Å². The van der Waals surface area contributed by atoms with Crippen molar-refractivity contribution in [2.24, 2.45) is 5.92 Å². The van der Waals surface area contributed by atoms with Crippen LogP contribution < -0.4 is 4.74 Å². The van der Waals surface area contributed by atoms with E-state index < -0.39 is 30.4 Å². The minimum Gasteiger partial charge on any atom is -0.475 e. The molecular formula is C57H102N3O10S+. The second-order valence-corrected chi connectivity index (χ2v) is 21.3. The van der Waals surface area contributed by atoms with Crippen molar-refractivity contribution in [3.05, 3.63) is 11.8 Å². The molecule has 0 amide bonds. The number of quaternary nitrogens is 1. The van der Waals surface area contributed by atoms with E-state index in [9.17, 15) is 19.2 Å². The van der Waals surface area contributed by atoms with Gasteiger partial charge in [0.1, 0.15) is 25.5 Å². The standard InChI is InChI=1S/C57H102N3O10S/c1-7-10-13-16-18-20-22-24-26-28-30-32-34-39-52(61)66-46-51(47-67-53(62)40-35-33-31-29-27-25-23-21-19-17-14-11-8-2)70-54(63)43-48(4)45-68-57(64)69-49(5)60(6)41-37-38-50(44-60)55-56(59-71-58-55)65-42-36-15-12-9-3/h38,48-49,51H,7-37,39-47H2,1-6H3/q+1/t48?,49-,60?/m0/s1. The van der Waals surface area contributed by atoms with E-state index in [0.29, 0.717) is 23.5 Å². The van der Waals surface area contributed by atoms with Gasteiger partial charge in [-0.25, -0.2) is 4.79 Å². The third-order valence-electron chi connectivity index (χ3n) is 13.8. The number of rotatable bonds is 46. The molecule has 0 saturated carbocycles. The fraction of sp³-hybridized carbons (Fsp3) is 0.860. The number of carbonyl (C=O) groups is 4. The van der Waals surface area contributed by atoms with Gasteiger partial charge < -0.3 is 28.4 Å². The van der Waals surface area contributed by atoms with Crippen molar-refractivity contribution in [2.75, 3.05) is 46.6 Å². The van der Waals surface area contributed by atoms with Crippen LogP contribution in [0.3, 0.4) is 0 Å². The zero-order valence-electron chi connectivity index (χ0n) is 45.9. The van der Waals surface area contributed by atoms with Gasteiger partial charge in [0.25, 0.3) is 5.88 Å². The molecule has 13 nitrogen and oxygen atoms in total. The lowest BCUT2D eigenvalue weighted by Crippen LogP contribution is -2.55. The molecular weight excluding hydrogens is 919 g/mol. The molecule has 0 bridgehead atoms. The summed E-state index contributed by atoms with van der Waals surface area (Å²) in [4.78, 5) is 51.6. The molecule has 2 heterocycles. The molecule has 0 spiro atoms. The van der Waals surface area contributed by atoms with Gasteiger partial charge in [0.15, 0.2) is 6.10 Å². The van der Waals surface area contributed by atoms with Crippen molar-refractivity contribution < 1.29 is 52.1 Å². The Kier molecular flexibility index (Phi) is 37.9. The number of nitrogens with zero attached hydrogens (tertiary/aromatic N) is 3. The maximum atomic E-state index is 13.2. The van der Waals surface area contributed by atoms with Gasteiger partial charge >= 0.3 is 24.1 Å². The van der Waals surface area contributed by atoms with E-state index in [1.165, 1.54) is 135 Å². The topological polar surface area (TPSA) is 149 Å². The van der Waals surface area contributed by atoms with Gasteiger partial charge in [-0.1, -0.05) is 207 Å². The van der Waals surface area contributed by atoms with E-state index in [-0.39, 0.29) is 51.0 Å². The van der Waals surface area contributed by atoms with Crippen LogP contribution in [0.25, 0.3) is 5.57 Å². The van der Waals surface area contributed by atoms with E-state index >= 15 is 0 Å². The van der Waals surface area contributed by atoms with Gasteiger partial charge in [-0.3, -0.25) is 18.9 Å². The molecule has 1 aliphatic rings. The van der Waals surface area contributed by atoms with Crippen molar-refractivity contribution in [3.63, 3.8) is 0 Å². The lowest BCUT2D eigenvalue weighted by molar-refractivity contribution is -0.944. The number of hydrogen-bond donors (Lipinski definition) is 0. The van der Waals surface area contributed by atoms with E-state index in [1.54, 1.807) is 6.92 Å². The first-order valence-electron chi connectivity index (χ1n) is 28.8. The van der Waals surface area contributed by atoms with Gasteiger partial charge in [0, 0.05) is 37.7 Å². The van der Waals surface area contributed by atoms with Gasteiger partial charge in [-0.05, 0) is 19.3 Å². The van der Waals surface area contributed by atoms with E-state index in [0.717, 1.165) is 93.7 Å². The fourth-order valence-corrected chi connectivity index (χ4v) is 9.54. The van der Waals surface area contributed by atoms with Gasteiger partial charge in [0.05, 0.1) is 45.0 Å². The molecule has 0 aromatic carbocycles. The van der Waals surface area contributed by atoms with Crippen LogP contribution in [0, 0.1) is 5.92 Å². The van der Waals surface area contributed by atoms with Crippen molar-refractivity contribution in [1.82, 2.24) is 8.75 Å². The number of ether oxygens (including phenoxy) is 6. The second-order valence-electron chi connectivity index (χ2n) is 20.8. The zero-order chi connectivity index (χ0) is 51.6. The van der Waals surface area contributed by atoms with E-state index in [4.69, 9.17) is 28.4 Å². The molecule has 2 rings (SSSR count). The van der Waals surface area contributed by atoms with Crippen LogP contribution in [-0.2, 0) is 38.1 Å². The molecule has 0 aliphatic carbocycles. The lowest BCUT2D eigenvalue weighted by Gasteiger charge is -2.41. The van der Waals surface area contributed by atoms with Crippen LogP contribution in [0.5, 0.6) is 5.88 Å². The first-order chi connectivity index (χ1) is 34.5. The highest BCUT2D eigenvalue weighted by molar-refractivity contribution is 6.99. The van der Waals surface area contributed by atoms with E-state index in [2.05, 4.69) is 35.6 Å². The largest absolute Gasteiger partial charge is 0.512 e. The molecule has 0 radical (unpaired) electrons. The maximum absolute atomic E-state index is 13.2. The first-order valence-corrected chi connectivity index (χ1v) is 29.6. The predicted molar refractivity (Wildman–Crippen MR) is 286 cm³/mol. The summed E-state index contributed by atoms with van der Waals surface area (Å²) >= 11 is 1.13. The Hall–Kier alpha value is -3.26. The van der Waals surface area contributed by atoms with E-state index in [1.807, 2.05) is 14.0 Å². The molecule has 2 unspecified atom stereocenters. The molecule has 14 heteroatoms. The quantitative estimate of drug-likeness (QED) is 0.0265. The smallest absolute Gasteiger partial charge is 0.475 e. The highest BCUT2D eigenvalue weighted by atomic mass is 32.1. The summed E-state index contributed by atoms with van der Waals surface area (Å²) in [5.41, 5.74) is 1.76. The molecule has 1 aromatic heterocycles. The maximum Gasteiger partial charge on any atom is 0.512 e. The van der Waals surface area contributed by atoms with Gasteiger partial charge in [-0.15, -0.1) is 4.37 Å². The number of aromatic nitrogens is 2. The second kappa shape index (κ2) is 42.1. The highest BCUT2D eigenvalue weighted by Gasteiger charge is 2.37. The van der Waals surface area contributed by atoms with Crippen LogP contribution in [-0.4, -0.2) is 96.2 Å². The van der Waals surface area contributed by atoms with Crippen LogP contribution in [0.2, 0.25) is 0 Å². The Morgan fingerprint density at radius 3 is 1.49 bits per heavy atom. The van der Waals surface area contributed by atoms with Crippen LogP contribution in [0.4, 0.5) is 4.79 Å². The minimum atomic E-state index is -0.950. The number of unbranched alkanes of at least 4 members (excludes halogenated alkanes) is 27. The van der Waals surface area contributed by atoms with Crippen molar-refractivity contribution in [3.8, 4) is 5.88 Å². The number of likely N-dealkylation sites (N-methyl/N-ethyl adjacent to an activating group) is 1. The molecule has 0 fully saturated rings. The summed E-state index contributed by atoms with van der Waals surface area (Å²) in [6.07, 6.45) is 37.3. The van der Waals surface area contributed by atoms with Crippen molar-refractivity contribution in [2.45, 2.75) is 265 Å². The molecule has 410 valence electrons. The minimum absolute atomic E-state index is 0.0636. The summed E-state index contributed by atoms with van der Waals surface area (Å²) in [7, 11) is 2.04. The lowest BCUT2D eigenvalue weighted by atomic mass is 10.0. The summed E-state index contributed by atoms with van der Waals surface area (Å²) in [5, 5.41) is 0. The Balaban J connectivity index is 1.78. The Morgan fingerprint density at radius 1 is 0.563 bits per heavy atom. The summed E-state index contributed by atoms with van der Waals surface area (Å²) in [5.74, 6) is -1.13. The monoisotopic (exact) mass is 1020 g/mol. The zero-order valence-corrected chi connectivity index (χ0v) is 46.7. The summed E-state index contributed by atoms with van der Waals surface area (Å²) in [6, 6.07) is 0. The molecule has 0 saturated heterocycles. The molecule has 1 aromatic rings. The van der Waals surface area contributed by atoms with Crippen LogP contribution in [0.1, 0.15) is 259 Å².